The van der Waals surface area contributed by atoms with Gasteiger partial charge in [-0.2, -0.15) is 0 Å². The van der Waals surface area contributed by atoms with E-state index < -0.39 is 0 Å². The van der Waals surface area contributed by atoms with Crippen LogP contribution in [0.1, 0.15) is 12.5 Å². The Morgan fingerprint density at radius 3 is 2.28 bits per heavy atom. The van der Waals surface area contributed by atoms with Gasteiger partial charge in [0, 0.05) is 32.6 Å². The van der Waals surface area contributed by atoms with Crippen molar-refractivity contribution in [3.8, 4) is 0 Å². The minimum atomic E-state index is -0.254. The van der Waals surface area contributed by atoms with Gasteiger partial charge in [0.15, 0.2) is 17.3 Å². The third kappa shape index (κ3) is 4.11. The summed E-state index contributed by atoms with van der Waals surface area (Å²) in [6, 6.07) is 13.3. The first-order valence-corrected chi connectivity index (χ1v) is 8.56. The summed E-state index contributed by atoms with van der Waals surface area (Å²) >= 11 is 0. The molecule has 1 heterocycles. The molecule has 0 unspecified atom stereocenters. The number of rotatable bonds is 5. The van der Waals surface area contributed by atoms with Gasteiger partial charge in [0.05, 0.1) is 13.1 Å². The Labute approximate surface area is 147 Å². The normalized spacial score (nSPS) is 17.4. The zero-order valence-corrected chi connectivity index (χ0v) is 14.4. The Hall–Kier alpha value is -2.11. The van der Waals surface area contributed by atoms with E-state index in [1.54, 1.807) is 31.2 Å². The van der Waals surface area contributed by atoms with Crippen molar-refractivity contribution < 1.29 is 13.6 Å². The number of carbonyl (C=O) groups is 1. The highest BCUT2D eigenvalue weighted by Crippen LogP contribution is 2.29. The van der Waals surface area contributed by atoms with E-state index in [4.69, 9.17) is 0 Å². The lowest BCUT2D eigenvalue weighted by molar-refractivity contribution is -0.118. The van der Waals surface area contributed by atoms with Crippen LogP contribution < -0.4 is 4.48 Å². The lowest BCUT2D eigenvalue weighted by Gasteiger charge is -2.44. The fourth-order valence-electron chi connectivity index (χ4n) is 3.64. The van der Waals surface area contributed by atoms with Gasteiger partial charge in [-0.15, -0.1) is 0 Å². The van der Waals surface area contributed by atoms with E-state index in [1.165, 1.54) is 18.2 Å². The molecular formula is C20H23F2N2O+. The lowest BCUT2D eigenvalue weighted by Crippen LogP contribution is -2.62. The number of benzene rings is 2. The topological polar surface area (TPSA) is 20.3 Å². The van der Waals surface area contributed by atoms with Crippen LogP contribution in [0.5, 0.6) is 0 Å². The average molecular weight is 345 g/mol. The predicted molar refractivity (Wildman–Crippen MR) is 95.2 cm³/mol. The van der Waals surface area contributed by atoms with Gasteiger partial charge < -0.3 is 0 Å². The molecule has 0 saturated carbocycles. The summed E-state index contributed by atoms with van der Waals surface area (Å²) < 4.78 is 27.8. The van der Waals surface area contributed by atoms with E-state index in [2.05, 4.69) is 4.90 Å². The molecule has 1 saturated heterocycles. The highest BCUT2D eigenvalue weighted by Gasteiger charge is 2.38. The molecule has 2 aromatic carbocycles. The molecule has 5 heteroatoms. The molecule has 3 nitrogen and oxygen atoms in total. The maximum atomic E-state index is 14.4. The number of para-hydroxylation sites is 1. The highest BCUT2D eigenvalue weighted by molar-refractivity contribution is 5.80. The Kier molecular flexibility index (Phi) is 5.25. The number of halogens is 2. The largest absolute Gasteiger partial charge is 0.294 e. The second-order valence-electron chi connectivity index (χ2n) is 6.81. The minimum absolute atomic E-state index is 0.0650. The third-order valence-corrected chi connectivity index (χ3v) is 4.90. The fraction of sp³-hybridized carbons (Fsp3) is 0.350. The molecule has 0 spiro atoms. The molecule has 3 rings (SSSR count). The quantitative estimate of drug-likeness (QED) is 0.775. The van der Waals surface area contributed by atoms with E-state index in [-0.39, 0.29) is 17.4 Å². The Bertz CT molecular complexity index is 738. The minimum Gasteiger partial charge on any atom is -0.294 e. The summed E-state index contributed by atoms with van der Waals surface area (Å²) in [5.74, 6) is -0.426. The number of piperazine rings is 1. The molecule has 0 amide bonds. The van der Waals surface area contributed by atoms with Crippen LogP contribution in [0.4, 0.5) is 14.5 Å². The number of hydrogen-bond donors (Lipinski definition) is 0. The van der Waals surface area contributed by atoms with Gasteiger partial charge >= 0.3 is 0 Å². The van der Waals surface area contributed by atoms with Gasteiger partial charge in [0.1, 0.15) is 12.4 Å². The first-order valence-electron chi connectivity index (χ1n) is 8.56. The van der Waals surface area contributed by atoms with Crippen molar-refractivity contribution >= 4 is 11.5 Å². The average Bonchev–Trinajstić information content (AvgIpc) is 2.59. The Balaban J connectivity index is 1.74. The summed E-state index contributed by atoms with van der Waals surface area (Å²) in [7, 11) is 0. The monoisotopic (exact) mass is 345 g/mol. The second kappa shape index (κ2) is 7.42. The number of quaternary nitrogens is 1. The first-order chi connectivity index (χ1) is 12.0. The van der Waals surface area contributed by atoms with Gasteiger partial charge in [-0.1, -0.05) is 24.3 Å². The zero-order valence-electron chi connectivity index (χ0n) is 14.4. The van der Waals surface area contributed by atoms with Crippen LogP contribution in [0.15, 0.2) is 48.5 Å². The molecule has 25 heavy (non-hydrogen) atoms. The summed E-state index contributed by atoms with van der Waals surface area (Å²) in [6.45, 7) is 5.50. The summed E-state index contributed by atoms with van der Waals surface area (Å²) in [5, 5.41) is 0. The third-order valence-electron chi connectivity index (χ3n) is 4.90. The van der Waals surface area contributed by atoms with Crippen LogP contribution in [-0.2, 0) is 11.3 Å². The molecule has 132 valence electrons. The zero-order chi connectivity index (χ0) is 17.9. The number of hydrogen-bond acceptors (Lipinski definition) is 2. The molecule has 0 radical (unpaired) electrons. The van der Waals surface area contributed by atoms with Crippen LogP contribution >= 0.6 is 0 Å². The number of carbonyl (C=O) groups excluding carboxylic acids is 1. The van der Waals surface area contributed by atoms with Crippen LogP contribution in [0, 0.1) is 11.6 Å². The van der Waals surface area contributed by atoms with Gasteiger partial charge in [0.2, 0.25) is 0 Å². The Morgan fingerprint density at radius 1 is 1.04 bits per heavy atom. The standard InChI is InChI=1S/C20H23F2N2O/c1-16(25)15-24(20-5-3-2-4-19(20)22)12-10-23(11-13-24)14-17-6-8-18(21)9-7-17/h2-9H,10-15H2,1H3/q+1. The van der Waals surface area contributed by atoms with Crippen LogP contribution in [0.2, 0.25) is 0 Å². The van der Waals surface area contributed by atoms with Crippen molar-refractivity contribution in [1.29, 1.82) is 0 Å². The summed E-state index contributed by atoms with van der Waals surface area (Å²) in [6.07, 6.45) is 0. The molecule has 1 aliphatic heterocycles. The van der Waals surface area contributed by atoms with Crippen molar-refractivity contribution in [2.24, 2.45) is 0 Å². The molecule has 0 N–H and O–H groups in total. The Morgan fingerprint density at radius 2 is 1.68 bits per heavy atom. The van der Waals surface area contributed by atoms with Gasteiger partial charge in [-0.05, 0) is 23.8 Å². The van der Waals surface area contributed by atoms with Crippen molar-refractivity contribution in [3.05, 3.63) is 65.7 Å². The SMILES string of the molecule is CC(=O)C[N+]1(c2ccccc2F)CCN(Cc2ccc(F)cc2)CC1. The molecule has 0 aromatic heterocycles. The van der Waals surface area contributed by atoms with E-state index in [9.17, 15) is 13.6 Å². The van der Waals surface area contributed by atoms with Crippen molar-refractivity contribution in [2.45, 2.75) is 13.5 Å². The fourth-order valence-corrected chi connectivity index (χ4v) is 3.64. The van der Waals surface area contributed by atoms with Crippen LogP contribution in [-0.4, -0.2) is 43.4 Å². The van der Waals surface area contributed by atoms with Gasteiger partial charge in [-0.3, -0.25) is 14.2 Å². The van der Waals surface area contributed by atoms with Crippen LogP contribution in [0.25, 0.3) is 0 Å². The number of Topliss-reactive ketones (excluding diaryl/α,β-unsaturated/α-hetero) is 1. The molecule has 2 aromatic rings. The van der Waals surface area contributed by atoms with E-state index >= 15 is 0 Å². The second-order valence-corrected chi connectivity index (χ2v) is 6.81. The molecule has 1 fully saturated rings. The van der Waals surface area contributed by atoms with E-state index in [0.717, 1.165) is 25.2 Å². The van der Waals surface area contributed by atoms with E-state index in [0.29, 0.717) is 29.8 Å². The highest BCUT2D eigenvalue weighted by atomic mass is 19.1. The van der Waals surface area contributed by atoms with Crippen LogP contribution in [0.3, 0.4) is 0 Å². The smallest absolute Gasteiger partial charge is 0.184 e. The number of nitrogens with zero attached hydrogens (tertiary/aromatic N) is 2. The maximum Gasteiger partial charge on any atom is 0.184 e. The number of ketones is 1. The van der Waals surface area contributed by atoms with E-state index in [1.807, 2.05) is 6.07 Å². The molecule has 0 atom stereocenters. The van der Waals surface area contributed by atoms with Gasteiger partial charge in [0.25, 0.3) is 0 Å². The maximum absolute atomic E-state index is 14.4. The molecular weight excluding hydrogens is 322 g/mol. The summed E-state index contributed by atoms with van der Waals surface area (Å²) in [5.41, 5.74) is 1.65. The van der Waals surface area contributed by atoms with Gasteiger partial charge in [-0.25, -0.2) is 8.78 Å². The molecule has 0 aliphatic carbocycles. The summed E-state index contributed by atoms with van der Waals surface area (Å²) in [4.78, 5) is 14.1. The first kappa shape index (κ1) is 17.7. The molecule has 1 aliphatic rings. The van der Waals surface area contributed by atoms with Crippen molar-refractivity contribution in [3.63, 3.8) is 0 Å². The van der Waals surface area contributed by atoms with Crippen molar-refractivity contribution in [1.82, 2.24) is 9.38 Å². The lowest BCUT2D eigenvalue weighted by atomic mass is 10.1. The predicted octanol–water partition coefficient (Wildman–Crippen LogP) is 3.38. The molecule has 0 bridgehead atoms. The van der Waals surface area contributed by atoms with Crippen molar-refractivity contribution in [2.75, 3.05) is 32.7 Å².